The van der Waals surface area contributed by atoms with E-state index in [9.17, 15) is 4.79 Å². The van der Waals surface area contributed by atoms with Crippen LogP contribution in [0.5, 0.6) is 0 Å². The number of hydrogen-bond donors (Lipinski definition) is 0. The van der Waals surface area contributed by atoms with Crippen molar-refractivity contribution in [1.82, 2.24) is 9.97 Å². The lowest BCUT2D eigenvalue weighted by Gasteiger charge is -2.05. The molecule has 0 bridgehead atoms. The van der Waals surface area contributed by atoms with Gasteiger partial charge in [0.25, 0.3) is 0 Å². The van der Waals surface area contributed by atoms with Gasteiger partial charge in [-0.25, -0.2) is 9.97 Å². The van der Waals surface area contributed by atoms with Crippen LogP contribution in [0.4, 0.5) is 0 Å². The Bertz CT molecular complexity index is 451. The molecular formula is C14H20N2O2. The van der Waals surface area contributed by atoms with Crippen LogP contribution in [0.1, 0.15) is 50.9 Å². The molecule has 0 aliphatic heterocycles. The molecule has 0 spiro atoms. The molecule has 0 amide bonds. The summed E-state index contributed by atoms with van der Waals surface area (Å²) in [5.74, 6) is 1.12. The van der Waals surface area contributed by atoms with E-state index in [1.165, 1.54) is 7.11 Å². The van der Waals surface area contributed by atoms with Crippen LogP contribution < -0.4 is 0 Å². The van der Waals surface area contributed by atoms with E-state index < -0.39 is 0 Å². The Morgan fingerprint density at radius 3 is 2.33 bits per heavy atom. The first-order valence-corrected chi connectivity index (χ1v) is 6.29. The average molecular weight is 248 g/mol. The first kappa shape index (κ1) is 13.0. The average Bonchev–Trinajstić information content (AvgIpc) is 2.91. The quantitative estimate of drug-likeness (QED) is 0.771. The van der Waals surface area contributed by atoms with Crippen molar-refractivity contribution in [2.45, 2.75) is 39.5 Å². The number of nitrogens with zero attached hydrogens (tertiary/aromatic N) is 2. The standard InChI is InChI=1S/C14H20N2O2/c1-8(2)12-15-6-9(7-16-12)10-11(13(17)18-5)14(10,3)4/h6-8,10-11H,1-5H3/t10-,11+/m1/s1. The van der Waals surface area contributed by atoms with Crippen LogP contribution in [0.3, 0.4) is 0 Å². The molecule has 18 heavy (non-hydrogen) atoms. The molecule has 1 fully saturated rings. The summed E-state index contributed by atoms with van der Waals surface area (Å²) in [6, 6.07) is 0. The summed E-state index contributed by atoms with van der Waals surface area (Å²) in [7, 11) is 1.44. The summed E-state index contributed by atoms with van der Waals surface area (Å²) in [5.41, 5.74) is 0.968. The smallest absolute Gasteiger partial charge is 0.309 e. The molecule has 0 aromatic carbocycles. The van der Waals surface area contributed by atoms with Crippen molar-refractivity contribution in [3.05, 3.63) is 23.8 Å². The van der Waals surface area contributed by atoms with Gasteiger partial charge in [-0.2, -0.15) is 0 Å². The SMILES string of the molecule is COC(=O)[C@@H]1[C@@H](c2cnc(C(C)C)nc2)C1(C)C. The highest BCUT2D eigenvalue weighted by Crippen LogP contribution is 2.64. The fourth-order valence-electron chi connectivity index (χ4n) is 2.63. The second kappa shape index (κ2) is 4.34. The number of ether oxygens (including phenoxy) is 1. The lowest BCUT2D eigenvalue weighted by atomic mass is 10.1. The van der Waals surface area contributed by atoms with Crippen LogP contribution >= 0.6 is 0 Å². The molecule has 0 saturated heterocycles. The molecule has 98 valence electrons. The van der Waals surface area contributed by atoms with Crippen LogP contribution in [0.25, 0.3) is 0 Å². The van der Waals surface area contributed by atoms with Gasteiger partial charge in [0.05, 0.1) is 13.0 Å². The number of carbonyl (C=O) groups is 1. The minimum Gasteiger partial charge on any atom is -0.469 e. The Morgan fingerprint density at radius 1 is 1.33 bits per heavy atom. The highest BCUT2D eigenvalue weighted by atomic mass is 16.5. The molecule has 0 N–H and O–H groups in total. The summed E-state index contributed by atoms with van der Waals surface area (Å²) in [6.07, 6.45) is 3.69. The summed E-state index contributed by atoms with van der Waals surface area (Å²) in [6.45, 7) is 8.28. The summed E-state index contributed by atoms with van der Waals surface area (Å²) in [4.78, 5) is 20.4. The molecule has 0 radical (unpaired) electrons. The number of esters is 1. The third kappa shape index (κ3) is 2.00. The van der Waals surface area contributed by atoms with Crippen molar-refractivity contribution in [3.63, 3.8) is 0 Å². The number of aromatic nitrogens is 2. The molecule has 2 rings (SSSR count). The maximum atomic E-state index is 11.7. The van der Waals surface area contributed by atoms with Gasteiger partial charge in [-0.1, -0.05) is 27.7 Å². The lowest BCUT2D eigenvalue weighted by molar-refractivity contribution is -0.143. The monoisotopic (exact) mass is 248 g/mol. The van der Waals surface area contributed by atoms with E-state index in [1.807, 2.05) is 12.4 Å². The van der Waals surface area contributed by atoms with Gasteiger partial charge in [0.1, 0.15) is 5.82 Å². The van der Waals surface area contributed by atoms with E-state index in [0.717, 1.165) is 11.4 Å². The van der Waals surface area contributed by atoms with Crippen LogP contribution in [0, 0.1) is 11.3 Å². The first-order chi connectivity index (χ1) is 8.39. The van der Waals surface area contributed by atoms with E-state index >= 15 is 0 Å². The fourth-order valence-corrected chi connectivity index (χ4v) is 2.63. The van der Waals surface area contributed by atoms with Gasteiger partial charge < -0.3 is 4.74 Å². The number of rotatable bonds is 3. The second-order valence-corrected chi connectivity index (χ2v) is 5.83. The topological polar surface area (TPSA) is 52.1 Å². The third-order valence-corrected chi connectivity index (χ3v) is 3.85. The van der Waals surface area contributed by atoms with Crippen LogP contribution in [0.15, 0.2) is 12.4 Å². The minimum atomic E-state index is -0.141. The Hall–Kier alpha value is -1.45. The Balaban J connectivity index is 2.21. The Labute approximate surface area is 108 Å². The molecule has 2 atom stereocenters. The molecule has 4 heteroatoms. The van der Waals surface area contributed by atoms with Crippen molar-refractivity contribution in [2.24, 2.45) is 11.3 Å². The van der Waals surface area contributed by atoms with Gasteiger partial charge >= 0.3 is 5.97 Å². The molecule has 4 nitrogen and oxygen atoms in total. The van der Waals surface area contributed by atoms with Gasteiger partial charge in [0.2, 0.25) is 0 Å². The zero-order chi connectivity index (χ0) is 13.5. The number of carbonyl (C=O) groups excluding carboxylic acids is 1. The molecule has 1 aromatic rings. The van der Waals surface area contributed by atoms with Crippen LogP contribution in [-0.4, -0.2) is 23.0 Å². The van der Waals surface area contributed by atoms with E-state index in [-0.39, 0.29) is 23.2 Å². The molecule has 1 saturated carbocycles. The van der Waals surface area contributed by atoms with Gasteiger partial charge in [-0.05, 0) is 11.0 Å². The predicted molar refractivity (Wildman–Crippen MR) is 68.1 cm³/mol. The van der Waals surface area contributed by atoms with Crippen molar-refractivity contribution in [3.8, 4) is 0 Å². The maximum absolute atomic E-state index is 11.7. The second-order valence-electron chi connectivity index (χ2n) is 5.83. The molecule has 0 unspecified atom stereocenters. The van der Waals surface area contributed by atoms with E-state index in [4.69, 9.17) is 4.74 Å². The maximum Gasteiger partial charge on any atom is 0.309 e. The van der Waals surface area contributed by atoms with E-state index in [0.29, 0.717) is 5.92 Å². The van der Waals surface area contributed by atoms with Gasteiger partial charge in [0.15, 0.2) is 0 Å². The minimum absolute atomic E-state index is 0.0597. The van der Waals surface area contributed by atoms with Crippen molar-refractivity contribution < 1.29 is 9.53 Å². The third-order valence-electron chi connectivity index (χ3n) is 3.85. The van der Waals surface area contributed by atoms with Gasteiger partial charge in [0, 0.05) is 24.2 Å². The summed E-state index contributed by atoms with van der Waals surface area (Å²) < 4.78 is 4.84. The molecule has 1 heterocycles. The predicted octanol–water partition coefficient (Wildman–Crippen LogP) is 2.51. The van der Waals surface area contributed by atoms with E-state index in [1.54, 1.807) is 0 Å². The summed E-state index contributed by atoms with van der Waals surface area (Å²) >= 11 is 0. The molecule has 1 aromatic heterocycles. The Kier molecular flexibility index (Phi) is 3.13. The van der Waals surface area contributed by atoms with Crippen LogP contribution in [0.2, 0.25) is 0 Å². The molecule has 1 aliphatic carbocycles. The summed E-state index contributed by atoms with van der Waals surface area (Å²) in [5, 5.41) is 0. The van der Waals surface area contributed by atoms with Gasteiger partial charge in [-0.3, -0.25) is 4.79 Å². The highest BCUT2D eigenvalue weighted by Gasteiger charge is 2.63. The Morgan fingerprint density at radius 2 is 1.89 bits per heavy atom. The number of methoxy groups -OCH3 is 1. The zero-order valence-electron chi connectivity index (χ0n) is 11.6. The van der Waals surface area contributed by atoms with Gasteiger partial charge in [-0.15, -0.1) is 0 Å². The normalized spacial score (nSPS) is 25.0. The van der Waals surface area contributed by atoms with Crippen LogP contribution in [-0.2, 0) is 9.53 Å². The molecule has 1 aliphatic rings. The largest absolute Gasteiger partial charge is 0.469 e. The highest BCUT2D eigenvalue weighted by molar-refractivity contribution is 5.79. The van der Waals surface area contributed by atoms with Crippen molar-refractivity contribution >= 4 is 5.97 Å². The number of hydrogen-bond acceptors (Lipinski definition) is 4. The first-order valence-electron chi connectivity index (χ1n) is 6.29. The zero-order valence-corrected chi connectivity index (χ0v) is 11.6. The lowest BCUT2D eigenvalue weighted by Crippen LogP contribution is -2.07. The molecular weight excluding hydrogens is 228 g/mol. The fraction of sp³-hybridized carbons (Fsp3) is 0.643. The van der Waals surface area contributed by atoms with Crippen molar-refractivity contribution in [2.75, 3.05) is 7.11 Å². The van der Waals surface area contributed by atoms with Crippen molar-refractivity contribution in [1.29, 1.82) is 0 Å². The van der Waals surface area contributed by atoms with E-state index in [2.05, 4.69) is 37.7 Å².